The maximum atomic E-state index is 4.17. The van der Waals surface area contributed by atoms with Crippen LogP contribution in [-0.4, -0.2) is 41.7 Å². The van der Waals surface area contributed by atoms with Crippen LogP contribution in [0.15, 0.2) is 72.8 Å². The normalized spacial score (nSPS) is 19.4. The Morgan fingerprint density at radius 3 is 1.82 bits per heavy atom. The van der Waals surface area contributed by atoms with Gasteiger partial charge in [-0.3, -0.25) is 0 Å². The molecule has 2 saturated carbocycles. The van der Waals surface area contributed by atoms with E-state index in [2.05, 4.69) is 114 Å². The Morgan fingerprint density at radius 1 is 0.692 bits per heavy atom. The van der Waals surface area contributed by atoms with Gasteiger partial charge in [0.15, 0.2) is 0 Å². The summed E-state index contributed by atoms with van der Waals surface area (Å²) in [7, 11) is 0. The molecule has 3 aromatic rings. The summed E-state index contributed by atoms with van der Waals surface area (Å²) in [6, 6.07) is 28.3. The molecule has 5 heteroatoms. The van der Waals surface area contributed by atoms with Gasteiger partial charge in [-0.1, -0.05) is 91.2 Å². The largest absolute Gasteiger partial charge is 0.489 e. The zero-order valence-electron chi connectivity index (χ0n) is 24.2. The molecule has 200 valence electrons. The molecule has 0 bridgehead atoms. The van der Waals surface area contributed by atoms with Crippen molar-refractivity contribution in [3.63, 3.8) is 0 Å². The van der Waals surface area contributed by atoms with Gasteiger partial charge in [-0.15, -0.1) is 6.34 Å². The molecular weight excluding hydrogens is 472 g/mol. The molecule has 39 heavy (non-hydrogen) atoms. The van der Waals surface area contributed by atoms with Crippen LogP contribution in [0.1, 0.15) is 80.9 Å². The lowest BCUT2D eigenvalue weighted by molar-refractivity contribution is -0.443. The van der Waals surface area contributed by atoms with Crippen LogP contribution in [-0.2, 0) is 0 Å². The van der Waals surface area contributed by atoms with Crippen molar-refractivity contribution in [2.75, 3.05) is 4.72 Å². The van der Waals surface area contributed by atoms with E-state index < -0.39 is 0 Å². The third-order valence-corrected chi connectivity index (χ3v) is 9.31. The maximum absolute atomic E-state index is 4.17. The van der Waals surface area contributed by atoms with Crippen molar-refractivity contribution in [3.05, 3.63) is 89.5 Å². The first-order valence-corrected chi connectivity index (χ1v) is 15.4. The molecule has 0 unspecified atom stereocenters. The summed E-state index contributed by atoms with van der Waals surface area (Å²) < 4.78 is 5.45. The van der Waals surface area contributed by atoms with Crippen LogP contribution in [0.4, 0.5) is 5.69 Å². The number of hydrogen-bond donors (Lipinski definition) is 0. The fourth-order valence-electron chi connectivity index (χ4n) is 7.64. The molecule has 2 fully saturated rings. The van der Waals surface area contributed by atoms with Gasteiger partial charge in [-0.05, 0) is 94.2 Å². The molecule has 0 aromatic heterocycles. The van der Waals surface area contributed by atoms with Gasteiger partial charge in [0.05, 0.1) is 0 Å². The molecule has 0 radical (unpaired) electrons. The van der Waals surface area contributed by atoms with Gasteiger partial charge in [0, 0.05) is 17.8 Å². The average molecular weight is 515 g/mol. The molecule has 3 nitrogen and oxygen atoms in total. The Morgan fingerprint density at radius 2 is 1.23 bits per heavy atom. The predicted molar refractivity (Wildman–Crippen MR) is 168 cm³/mol. The number of rotatable bonds is 5. The number of nitrogens with zero attached hydrogens (tertiary/aromatic N) is 3. The highest BCUT2D eigenvalue weighted by molar-refractivity contribution is 6.92. The Bertz CT molecular complexity index is 1260. The molecule has 0 spiro atoms. The summed E-state index contributed by atoms with van der Waals surface area (Å²) in [5.74, 6) is 0. The van der Waals surface area contributed by atoms with Crippen molar-refractivity contribution < 1.29 is 4.49 Å². The van der Waals surface area contributed by atoms with Crippen LogP contribution in [0.2, 0.25) is 0 Å². The fourth-order valence-corrected chi connectivity index (χ4v) is 7.64. The van der Waals surface area contributed by atoms with E-state index >= 15 is 0 Å². The van der Waals surface area contributed by atoms with Gasteiger partial charge in [-0.25, -0.2) is 0 Å². The number of benzene rings is 3. The minimum Gasteiger partial charge on any atom is -0.481 e. The fraction of sp³-hybridized carbons (Fsp3) is 0.441. The molecule has 3 aromatic carbocycles. The van der Waals surface area contributed by atoms with E-state index in [4.69, 9.17) is 0 Å². The molecule has 0 amide bonds. The van der Waals surface area contributed by atoms with Crippen LogP contribution >= 0.6 is 0 Å². The van der Waals surface area contributed by atoms with E-state index in [1.165, 1.54) is 97.5 Å². The van der Waals surface area contributed by atoms with Crippen LogP contribution in [0.3, 0.4) is 0 Å². The van der Waals surface area contributed by atoms with Gasteiger partial charge >= 0.3 is 14.0 Å². The molecule has 1 heterocycles. The van der Waals surface area contributed by atoms with E-state index in [1.807, 2.05) is 0 Å². The third kappa shape index (κ3) is 5.30. The summed E-state index contributed by atoms with van der Waals surface area (Å²) in [5, 5.41) is 0. The monoisotopic (exact) mass is 515 g/mol. The van der Waals surface area contributed by atoms with Gasteiger partial charge in [0.2, 0.25) is 0 Å². The average Bonchev–Trinajstić information content (AvgIpc) is 2.98. The van der Waals surface area contributed by atoms with Gasteiger partial charge < -0.3 is 14.0 Å². The van der Waals surface area contributed by atoms with Gasteiger partial charge in [0.25, 0.3) is 0 Å². The van der Waals surface area contributed by atoms with E-state index in [-0.39, 0.29) is 14.0 Å². The number of anilines is 1. The van der Waals surface area contributed by atoms with Crippen LogP contribution < -0.4 is 15.6 Å². The minimum absolute atomic E-state index is 0.0967. The highest BCUT2D eigenvalue weighted by Crippen LogP contribution is 2.34. The van der Waals surface area contributed by atoms with E-state index in [0.29, 0.717) is 12.1 Å². The first-order chi connectivity index (χ1) is 19.1. The highest BCUT2D eigenvalue weighted by Gasteiger charge is 2.50. The Hall–Kier alpha value is -2.94. The first kappa shape index (κ1) is 26.3. The Labute approximate surface area is 237 Å². The standard InChI is InChI=1S/C34H43B2N3/c1-27-24-28(2)34(29(3)25-27)39-35(30-16-8-4-9-17-30)37(32-20-12-6-13-21-32)26-38(33-22-14-7-15-23-33)36(39)31-18-10-5-11-19-31/h4-5,8-11,16-19,24-25,32-33H,6-7,12-15,20-23H2,1-3H3. The topological polar surface area (TPSA) is 9.49 Å². The molecular formula is C34H43B2N3. The molecule has 0 atom stereocenters. The van der Waals surface area contributed by atoms with Crippen molar-refractivity contribution >= 4 is 36.9 Å². The third-order valence-electron chi connectivity index (χ3n) is 9.31. The quantitative estimate of drug-likeness (QED) is 0.300. The zero-order chi connectivity index (χ0) is 26.8. The van der Waals surface area contributed by atoms with E-state index in [9.17, 15) is 0 Å². The van der Waals surface area contributed by atoms with Crippen LogP contribution in [0.25, 0.3) is 0 Å². The summed E-state index contributed by atoms with van der Waals surface area (Å²) in [6.07, 6.45) is 17.2. The van der Waals surface area contributed by atoms with Crippen molar-refractivity contribution in [2.45, 2.75) is 97.1 Å². The van der Waals surface area contributed by atoms with Crippen LogP contribution in [0, 0.1) is 20.8 Å². The SMILES string of the molecule is Cc1cc(C)c(N2B(c3ccccc3)N(C3CCCCC3)[C-]=[N+](C3CCCCC3)B2c2ccccc2)c(C)c1. The second kappa shape index (κ2) is 11.7. The zero-order valence-corrected chi connectivity index (χ0v) is 24.2. The van der Waals surface area contributed by atoms with Crippen molar-refractivity contribution in [1.82, 2.24) is 4.81 Å². The smallest absolute Gasteiger partial charge is 0.481 e. The molecule has 0 N–H and O–H groups in total. The van der Waals surface area contributed by atoms with E-state index in [0.717, 1.165) is 0 Å². The van der Waals surface area contributed by atoms with E-state index in [1.54, 1.807) is 0 Å². The van der Waals surface area contributed by atoms with Crippen molar-refractivity contribution in [1.29, 1.82) is 0 Å². The lowest BCUT2D eigenvalue weighted by atomic mass is 9.48. The predicted octanol–water partition coefficient (Wildman–Crippen LogP) is 6.11. The molecule has 2 aliphatic carbocycles. The lowest BCUT2D eigenvalue weighted by Gasteiger charge is -2.54. The van der Waals surface area contributed by atoms with Gasteiger partial charge in [0.1, 0.15) is 0 Å². The van der Waals surface area contributed by atoms with Crippen molar-refractivity contribution in [3.8, 4) is 0 Å². The molecule has 6 rings (SSSR count). The second-order valence-corrected chi connectivity index (χ2v) is 12.2. The molecule has 0 saturated heterocycles. The second-order valence-electron chi connectivity index (χ2n) is 12.2. The maximum Gasteiger partial charge on any atom is 0.489 e. The molecule has 1 aliphatic heterocycles. The summed E-state index contributed by atoms with van der Waals surface area (Å²) in [5.41, 5.74) is 8.17. The number of hydrogen-bond acceptors (Lipinski definition) is 2. The summed E-state index contributed by atoms with van der Waals surface area (Å²) in [6.45, 7) is 7.06. The summed E-state index contributed by atoms with van der Waals surface area (Å²) >= 11 is 0. The Kier molecular flexibility index (Phi) is 7.86. The van der Waals surface area contributed by atoms with Crippen molar-refractivity contribution in [2.24, 2.45) is 0 Å². The highest BCUT2D eigenvalue weighted by atomic mass is 15.3. The first-order valence-electron chi connectivity index (χ1n) is 15.4. The Balaban J connectivity index is 1.63. The minimum atomic E-state index is 0.0967. The van der Waals surface area contributed by atoms with Crippen LogP contribution in [0.5, 0.6) is 0 Å². The lowest BCUT2D eigenvalue weighted by Crippen LogP contribution is -2.77. The summed E-state index contributed by atoms with van der Waals surface area (Å²) in [4.78, 5) is 2.67. The van der Waals surface area contributed by atoms with Gasteiger partial charge in [-0.2, -0.15) is 0 Å². The molecule has 3 aliphatic rings. The number of aryl methyl sites for hydroxylation is 3.